The van der Waals surface area contributed by atoms with Crippen LogP contribution in [-0.4, -0.2) is 13.1 Å². The van der Waals surface area contributed by atoms with E-state index in [0.29, 0.717) is 0 Å². The molecule has 1 aromatic rings. The van der Waals surface area contributed by atoms with E-state index in [4.69, 9.17) is 17.3 Å². The zero-order valence-electron chi connectivity index (χ0n) is 10.6. The Balaban J connectivity index is 2.17. The summed E-state index contributed by atoms with van der Waals surface area (Å²) in [6.45, 7) is 6.30. The van der Waals surface area contributed by atoms with Gasteiger partial charge in [-0.05, 0) is 50.3 Å². The first-order chi connectivity index (χ1) is 8.11. The summed E-state index contributed by atoms with van der Waals surface area (Å²) in [7, 11) is 0. The van der Waals surface area contributed by atoms with Crippen molar-refractivity contribution in [3.63, 3.8) is 0 Å². The van der Waals surface area contributed by atoms with Crippen molar-refractivity contribution in [1.82, 2.24) is 0 Å². The Bertz CT molecular complexity index is 386. The van der Waals surface area contributed by atoms with Crippen molar-refractivity contribution < 1.29 is 0 Å². The molecule has 0 aliphatic heterocycles. The van der Waals surface area contributed by atoms with Crippen LogP contribution in [0.25, 0.3) is 0 Å². The van der Waals surface area contributed by atoms with Gasteiger partial charge in [0, 0.05) is 19.1 Å². The van der Waals surface area contributed by atoms with Crippen LogP contribution in [0.4, 0.5) is 5.69 Å². The zero-order valence-corrected chi connectivity index (χ0v) is 11.4. The SMILES string of the molecule is CCN(CC1CC1)c1ccc([C@H](C)N)cc1Cl. The molecule has 0 saturated heterocycles. The molecule has 2 N–H and O–H groups in total. The number of rotatable bonds is 5. The fourth-order valence-electron chi connectivity index (χ4n) is 2.07. The predicted molar refractivity (Wildman–Crippen MR) is 74.7 cm³/mol. The Morgan fingerprint density at radius 1 is 1.47 bits per heavy atom. The molecule has 0 amide bonds. The highest BCUT2D eigenvalue weighted by Crippen LogP contribution is 2.34. The van der Waals surface area contributed by atoms with Gasteiger partial charge in [0.1, 0.15) is 0 Å². The van der Waals surface area contributed by atoms with Crippen LogP contribution in [0.15, 0.2) is 18.2 Å². The lowest BCUT2D eigenvalue weighted by Gasteiger charge is -2.24. The number of nitrogens with zero attached hydrogens (tertiary/aromatic N) is 1. The van der Waals surface area contributed by atoms with Gasteiger partial charge < -0.3 is 10.6 Å². The molecule has 2 nitrogen and oxygen atoms in total. The number of halogens is 1. The third-order valence-electron chi connectivity index (χ3n) is 3.40. The molecule has 0 spiro atoms. The summed E-state index contributed by atoms with van der Waals surface area (Å²) in [5, 5.41) is 0.822. The Morgan fingerprint density at radius 2 is 2.18 bits per heavy atom. The Hall–Kier alpha value is -0.730. The van der Waals surface area contributed by atoms with Crippen molar-refractivity contribution >= 4 is 17.3 Å². The zero-order chi connectivity index (χ0) is 12.4. The van der Waals surface area contributed by atoms with Gasteiger partial charge in [0.15, 0.2) is 0 Å². The molecule has 0 aromatic heterocycles. The molecule has 1 aliphatic carbocycles. The van der Waals surface area contributed by atoms with Gasteiger partial charge in [-0.1, -0.05) is 17.7 Å². The standard InChI is InChI=1S/C14H21ClN2/c1-3-17(9-11-4-5-11)14-7-6-12(10(2)16)8-13(14)15/h6-8,10-11H,3-5,9,16H2,1-2H3/t10-/m0/s1. The van der Waals surface area contributed by atoms with Gasteiger partial charge in [0.25, 0.3) is 0 Å². The number of nitrogens with two attached hydrogens (primary N) is 1. The smallest absolute Gasteiger partial charge is 0.0642 e. The first-order valence-corrected chi connectivity index (χ1v) is 6.79. The minimum atomic E-state index is 0.0417. The quantitative estimate of drug-likeness (QED) is 0.868. The summed E-state index contributed by atoms with van der Waals surface area (Å²) >= 11 is 6.35. The summed E-state index contributed by atoms with van der Waals surface area (Å²) in [5.74, 6) is 0.874. The molecule has 0 bridgehead atoms. The average Bonchev–Trinajstić information content (AvgIpc) is 3.10. The molecule has 0 unspecified atom stereocenters. The molecule has 1 atom stereocenters. The summed E-state index contributed by atoms with van der Waals surface area (Å²) < 4.78 is 0. The molecule has 1 fully saturated rings. The van der Waals surface area contributed by atoms with Crippen LogP contribution < -0.4 is 10.6 Å². The Labute approximate surface area is 109 Å². The summed E-state index contributed by atoms with van der Waals surface area (Å²) in [5.41, 5.74) is 8.10. The van der Waals surface area contributed by atoms with E-state index in [9.17, 15) is 0 Å². The fourth-order valence-corrected chi connectivity index (χ4v) is 2.38. The van der Waals surface area contributed by atoms with E-state index >= 15 is 0 Å². The predicted octanol–water partition coefficient (Wildman–Crippen LogP) is 3.60. The van der Waals surface area contributed by atoms with Crippen LogP contribution in [0.3, 0.4) is 0 Å². The topological polar surface area (TPSA) is 29.3 Å². The van der Waals surface area contributed by atoms with E-state index in [2.05, 4.69) is 24.0 Å². The van der Waals surface area contributed by atoms with Gasteiger partial charge in [-0.15, -0.1) is 0 Å². The molecular weight excluding hydrogens is 232 g/mol. The minimum Gasteiger partial charge on any atom is -0.370 e. The van der Waals surface area contributed by atoms with Crippen molar-refractivity contribution in [2.45, 2.75) is 32.7 Å². The van der Waals surface area contributed by atoms with E-state index < -0.39 is 0 Å². The first-order valence-electron chi connectivity index (χ1n) is 6.41. The molecule has 94 valence electrons. The van der Waals surface area contributed by atoms with Gasteiger partial charge >= 0.3 is 0 Å². The highest BCUT2D eigenvalue weighted by Gasteiger charge is 2.24. The van der Waals surface area contributed by atoms with Crippen molar-refractivity contribution in [1.29, 1.82) is 0 Å². The maximum absolute atomic E-state index is 6.35. The van der Waals surface area contributed by atoms with Crippen molar-refractivity contribution in [3.8, 4) is 0 Å². The minimum absolute atomic E-state index is 0.0417. The van der Waals surface area contributed by atoms with E-state index in [1.54, 1.807) is 0 Å². The molecule has 1 aliphatic rings. The van der Waals surface area contributed by atoms with E-state index in [0.717, 1.165) is 35.3 Å². The lowest BCUT2D eigenvalue weighted by molar-refractivity contribution is 0.741. The average molecular weight is 253 g/mol. The Morgan fingerprint density at radius 3 is 2.65 bits per heavy atom. The third-order valence-corrected chi connectivity index (χ3v) is 3.70. The van der Waals surface area contributed by atoms with Gasteiger partial charge in [-0.25, -0.2) is 0 Å². The number of benzene rings is 1. The van der Waals surface area contributed by atoms with Gasteiger partial charge in [-0.2, -0.15) is 0 Å². The molecule has 3 heteroatoms. The van der Waals surface area contributed by atoms with Gasteiger partial charge in [-0.3, -0.25) is 0 Å². The monoisotopic (exact) mass is 252 g/mol. The molecule has 1 aromatic carbocycles. The summed E-state index contributed by atoms with van der Waals surface area (Å²) in [6.07, 6.45) is 2.73. The second-order valence-corrected chi connectivity index (χ2v) is 5.39. The fraction of sp³-hybridized carbons (Fsp3) is 0.571. The van der Waals surface area contributed by atoms with Crippen molar-refractivity contribution in [2.75, 3.05) is 18.0 Å². The van der Waals surface area contributed by atoms with Crippen LogP contribution in [0.1, 0.15) is 38.3 Å². The van der Waals surface area contributed by atoms with E-state index in [1.807, 2.05) is 13.0 Å². The maximum Gasteiger partial charge on any atom is 0.0642 e. The van der Waals surface area contributed by atoms with E-state index in [-0.39, 0.29) is 6.04 Å². The number of anilines is 1. The van der Waals surface area contributed by atoms with Crippen LogP contribution in [0.2, 0.25) is 5.02 Å². The lowest BCUT2D eigenvalue weighted by atomic mass is 10.1. The van der Waals surface area contributed by atoms with Crippen molar-refractivity contribution in [3.05, 3.63) is 28.8 Å². The van der Waals surface area contributed by atoms with Gasteiger partial charge in [0.05, 0.1) is 10.7 Å². The second-order valence-electron chi connectivity index (χ2n) is 4.98. The highest BCUT2D eigenvalue weighted by molar-refractivity contribution is 6.33. The maximum atomic E-state index is 6.35. The molecule has 17 heavy (non-hydrogen) atoms. The molecule has 1 saturated carbocycles. The number of hydrogen-bond donors (Lipinski definition) is 1. The lowest BCUT2D eigenvalue weighted by Crippen LogP contribution is -2.25. The largest absolute Gasteiger partial charge is 0.370 e. The molecular formula is C14H21ClN2. The third kappa shape index (κ3) is 3.14. The number of hydrogen-bond acceptors (Lipinski definition) is 2. The van der Waals surface area contributed by atoms with Crippen LogP contribution in [0.5, 0.6) is 0 Å². The Kier molecular flexibility index (Phi) is 3.95. The van der Waals surface area contributed by atoms with Crippen molar-refractivity contribution in [2.24, 2.45) is 11.7 Å². The van der Waals surface area contributed by atoms with Crippen LogP contribution >= 0.6 is 11.6 Å². The van der Waals surface area contributed by atoms with Crippen LogP contribution in [-0.2, 0) is 0 Å². The first kappa shape index (κ1) is 12.7. The molecule has 0 heterocycles. The molecule has 2 rings (SSSR count). The van der Waals surface area contributed by atoms with E-state index in [1.165, 1.54) is 12.8 Å². The highest BCUT2D eigenvalue weighted by atomic mass is 35.5. The second kappa shape index (κ2) is 5.28. The normalized spacial score (nSPS) is 16.9. The summed E-state index contributed by atoms with van der Waals surface area (Å²) in [4.78, 5) is 2.37. The van der Waals surface area contributed by atoms with Crippen LogP contribution in [0, 0.1) is 5.92 Å². The summed E-state index contributed by atoms with van der Waals surface area (Å²) in [6, 6.07) is 6.23. The van der Waals surface area contributed by atoms with Gasteiger partial charge in [0.2, 0.25) is 0 Å². The molecule has 0 radical (unpaired) electrons.